The Hall–Kier alpha value is -3.07. The van der Waals surface area contributed by atoms with Crippen molar-refractivity contribution in [3.63, 3.8) is 0 Å². The molecule has 0 spiro atoms. The Morgan fingerprint density at radius 1 is 0.554 bits per heavy atom. The smallest absolute Gasteiger partial charge is 0.462 e. The Kier molecular flexibility index (Phi) is 39.3. The largest absolute Gasteiger partial charge is 0.472 e. The van der Waals surface area contributed by atoms with Crippen molar-refractivity contribution >= 4 is 19.8 Å². The fourth-order valence-corrected chi connectivity index (χ4v) is 5.70. The van der Waals surface area contributed by atoms with Crippen molar-refractivity contribution in [1.29, 1.82) is 0 Å². The predicted molar refractivity (Wildman–Crippen MR) is 233 cm³/mol. The first-order valence-corrected chi connectivity index (χ1v) is 22.7. The molecule has 0 rings (SSSR count). The number of ether oxygens (including phenoxy) is 2. The lowest BCUT2D eigenvalue weighted by Crippen LogP contribution is -2.29. The van der Waals surface area contributed by atoms with Crippen molar-refractivity contribution in [3.05, 3.63) is 97.2 Å². The Bertz CT molecular complexity index is 1230. The monoisotopic (exact) mass is 802 g/mol. The van der Waals surface area contributed by atoms with Crippen LogP contribution < -0.4 is 5.32 Å². The second-order valence-electron chi connectivity index (χ2n) is 13.5. The van der Waals surface area contributed by atoms with Crippen molar-refractivity contribution < 1.29 is 37.6 Å². The molecule has 0 aromatic heterocycles. The van der Waals surface area contributed by atoms with Crippen molar-refractivity contribution in [2.45, 2.75) is 148 Å². The first kappa shape index (κ1) is 52.9. The summed E-state index contributed by atoms with van der Waals surface area (Å²) in [5.74, 6) is -0.959. The molecule has 0 aliphatic heterocycles. The fraction of sp³-hybridized carbons (Fsp3) is 0.609. The minimum Gasteiger partial charge on any atom is -0.462 e. The number of carbonyl (C=O) groups is 2. The molecule has 10 heteroatoms. The Balaban J connectivity index is 4.46. The van der Waals surface area contributed by atoms with Crippen LogP contribution in [0, 0.1) is 0 Å². The van der Waals surface area contributed by atoms with Crippen molar-refractivity contribution in [3.8, 4) is 0 Å². The number of likely N-dealkylation sites (N-methyl/N-ethyl adjacent to an activating group) is 1. The van der Waals surface area contributed by atoms with Crippen LogP contribution in [0.3, 0.4) is 0 Å². The molecule has 0 aliphatic carbocycles. The van der Waals surface area contributed by atoms with Gasteiger partial charge in [0.05, 0.1) is 13.2 Å². The summed E-state index contributed by atoms with van der Waals surface area (Å²) in [6, 6.07) is 0. The second-order valence-corrected chi connectivity index (χ2v) is 14.9. The SMILES string of the molecule is CCCCC/C=C\C/C=C\C/C=C\C/C=C\C/C=C\CCC(=O)OC(COC(=O)CCCC/C=C\C/C=C\C/C=C\CCCCC)COP(=O)(O)OCCNC. The van der Waals surface area contributed by atoms with E-state index < -0.39 is 32.5 Å². The van der Waals surface area contributed by atoms with E-state index in [1.54, 1.807) is 7.05 Å². The quantitative estimate of drug-likeness (QED) is 0.0272. The maximum Gasteiger partial charge on any atom is 0.472 e. The molecule has 0 radical (unpaired) electrons. The summed E-state index contributed by atoms with van der Waals surface area (Å²) in [5, 5.41) is 2.81. The molecule has 56 heavy (non-hydrogen) atoms. The third kappa shape index (κ3) is 40.6. The van der Waals surface area contributed by atoms with Gasteiger partial charge in [-0.1, -0.05) is 137 Å². The van der Waals surface area contributed by atoms with Crippen molar-refractivity contribution in [2.24, 2.45) is 0 Å². The molecule has 2 N–H and O–H groups in total. The van der Waals surface area contributed by atoms with Crippen LogP contribution >= 0.6 is 7.82 Å². The molecule has 2 atom stereocenters. The van der Waals surface area contributed by atoms with Crippen molar-refractivity contribution in [1.82, 2.24) is 5.32 Å². The second kappa shape index (κ2) is 41.6. The number of phosphoric acid groups is 1. The van der Waals surface area contributed by atoms with Crippen LogP contribution in [0.15, 0.2) is 97.2 Å². The molecule has 0 saturated heterocycles. The van der Waals surface area contributed by atoms with Crippen LogP contribution in [0.1, 0.15) is 142 Å². The molecule has 0 saturated carbocycles. The van der Waals surface area contributed by atoms with E-state index >= 15 is 0 Å². The van der Waals surface area contributed by atoms with E-state index in [1.807, 2.05) is 12.2 Å². The van der Waals surface area contributed by atoms with Crippen LogP contribution in [0.5, 0.6) is 0 Å². The number of rotatable bonds is 38. The van der Waals surface area contributed by atoms with Gasteiger partial charge in [0.15, 0.2) is 6.10 Å². The maximum atomic E-state index is 12.6. The van der Waals surface area contributed by atoms with Gasteiger partial charge in [0.25, 0.3) is 0 Å². The normalized spacial score (nSPS) is 14.3. The third-order valence-corrected chi connectivity index (χ3v) is 9.17. The Morgan fingerprint density at radius 3 is 1.43 bits per heavy atom. The highest BCUT2D eigenvalue weighted by Gasteiger charge is 2.26. The number of hydrogen-bond acceptors (Lipinski definition) is 8. The van der Waals surface area contributed by atoms with Gasteiger partial charge >= 0.3 is 19.8 Å². The number of nitrogens with one attached hydrogen (secondary N) is 1. The number of unbranched alkanes of at least 4 members (excludes halogenated alkanes) is 8. The molecule has 0 aliphatic rings. The molecular formula is C46H76NO8P. The lowest BCUT2D eigenvalue weighted by Gasteiger charge is -2.19. The first-order chi connectivity index (χ1) is 27.3. The van der Waals surface area contributed by atoms with Gasteiger partial charge in [-0.25, -0.2) is 4.57 Å². The lowest BCUT2D eigenvalue weighted by atomic mass is 10.1. The van der Waals surface area contributed by atoms with Crippen LogP contribution in [0.4, 0.5) is 0 Å². The van der Waals surface area contributed by atoms with Gasteiger partial charge in [0.1, 0.15) is 6.61 Å². The number of esters is 2. The zero-order valence-electron chi connectivity index (χ0n) is 35.0. The molecule has 0 aromatic rings. The predicted octanol–water partition coefficient (Wildman–Crippen LogP) is 12.1. The van der Waals surface area contributed by atoms with Gasteiger partial charge in [-0.2, -0.15) is 0 Å². The summed E-state index contributed by atoms with van der Waals surface area (Å²) >= 11 is 0. The average molecular weight is 802 g/mol. The third-order valence-electron chi connectivity index (χ3n) is 8.19. The summed E-state index contributed by atoms with van der Waals surface area (Å²) in [4.78, 5) is 35.0. The van der Waals surface area contributed by atoms with Gasteiger partial charge in [-0.15, -0.1) is 0 Å². The lowest BCUT2D eigenvalue weighted by molar-refractivity contribution is -0.161. The van der Waals surface area contributed by atoms with E-state index in [4.69, 9.17) is 18.5 Å². The van der Waals surface area contributed by atoms with Crippen LogP contribution in [0.25, 0.3) is 0 Å². The Morgan fingerprint density at radius 2 is 0.982 bits per heavy atom. The number of phosphoric ester groups is 1. The maximum absolute atomic E-state index is 12.6. The molecule has 9 nitrogen and oxygen atoms in total. The van der Waals surface area contributed by atoms with E-state index in [0.29, 0.717) is 19.4 Å². The van der Waals surface area contributed by atoms with Gasteiger partial charge in [-0.05, 0) is 96.9 Å². The average Bonchev–Trinajstić information content (AvgIpc) is 3.18. The van der Waals surface area contributed by atoms with E-state index in [0.717, 1.165) is 57.8 Å². The summed E-state index contributed by atoms with van der Waals surface area (Å²) in [7, 11) is -2.70. The van der Waals surface area contributed by atoms with E-state index in [9.17, 15) is 19.0 Å². The molecule has 318 valence electrons. The standard InChI is InChI=1S/C46H76NO8P/c1-4-6-8-10-12-14-16-18-20-21-22-23-25-27-29-31-33-35-37-39-46(49)55-44(43-54-56(50,51)53-41-40-47-3)42-52-45(48)38-36-34-32-30-28-26-24-19-17-15-13-11-9-7-5-2/h12-15,18-20,22-24,27-30,33,35,44,47H,4-11,16-17,21,25-26,31-32,34,36-43H2,1-3H3,(H,50,51)/b14-12-,15-13-,20-18-,23-22-,24-19-,29-27-,30-28-,35-33-. The van der Waals surface area contributed by atoms with Crippen molar-refractivity contribution in [2.75, 3.05) is 33.4 Å². The number of hydrogen-bond donors (Lipinski definition) is 2. The summed E-state index contributed by atoms with van der Waals surface area (Å²) in [5.41, 5.74) is 0. The summed E-state index contributed by atoms with van der Waals surface area (Å²) < 4.78 is 33.0. The first-order valence-electron chi connectivity index (χ1n) is 21.2. The topological polar surface area (TPSA) is 120 Å². The molecule has 0 aromatic carbocycles. The summed E-state index contributed by atoms with van der Waals surface area (Å²) in [6.45, 7) is 4.01. The van der Waals surface area contributed by atoms with Gasteiger partial charge < -0.3 is 19.7 Å². The summed E-state index contributed by atoms with van der Waals surface area (Å²) in [6.07, 6.45) is 51.8. The van der Waals surface area contributed by atoms with Gasteiger partial charge in [0.2, 0.25) is 0 Å². The zero-order valence-corrected chi connectivity index (χ0v) is 35.9. The van der Waals surface area contributed by atoms with Gasteiger partial charge in [0, 0.05) is 19.4 Å². The fourth-order valence-electron chi connectivity index (χ4n) is 4.95. The van der Waals surface area contributed by atoms with Crippen LogP contribution in [-0.2, 0) is 32.7 Å². The number of carbonyl (C=O) groups excluding carboxylic acids is 2. The van der Waals surface area contributed by atoms with Crippen LogP contribution in [-0.4, -0.2) is 56.3 Å². The van der Waals surface area contributed by atoms with Crippen LogP contribution in [0.2, 0.25) is 0 Å². The van der Waals surface area contributed by atoms with Gasteiger partial charge in [-0.3, -0.25) is 18.6 Å². The number of allylic oxidation sites excluding steroid dienone is 16. The van der Waals surface area contributed by atoms with E-state index in [1.165, 1.54) is 44.9 Å². The highest BCUT2D eigenvalue weighted by molar-refractivity contribution is 7.47. The van der Waals surface area contributed by atoms with E-state index in [2.05, 4.69) is 104 Å². The minimum atomic E-state index is -4.38. The molecule has 0 bridgehead atoms. The molecule has 0 amide bonds. The molecule has 0 heterocycles. The molecule has 2 unspecified atom stereocenters. The minimum absolute atomic E-state index is 0.0418. The zero-order chi connectivity index (χ0) is 41.1. The Labute approximate surface area is 340 Å². The highest BCUT2D eigenvalue weighted by Crippen LogP contribution is 2.43. The highest BCUT2D eigenvalue weighted by atomic mass is 31.2. The molecular weight excluding hydrogens is 725 g/mol. The molecule has 0 fully saturated rings. The van der Waals surface area contributed by atoms with E-state index in [-0.39, 0.29) is 26.1 Å².